The summed E-state index contributed by atoms with van der Waals surface area (Å²) < 4.78 is 43.8. The van der Waals surface area contributed by atoms with Gasteiger partial charge in [-0.1, -0.05) is 18.4 Å². The van der Waals surface area contributed by atoms with Crippen molar-refractivity contribution in [2.24, 2.45) is 5.41 Å². The van der Waals surface area contributed by atoms with Gasteiger partial charge in [0.15, 0.2) is 5.82 Å². The highest BCUT2D eigenvalue weighted by atomic mass is 19.1. The summed E-state index contributed by atoms with van der Waals surface area (Å²) in [5, 5.41) is 21.8. The number of terminal acetylenes is 1. The van der Waals surface area contributed by atoms with E-state index in [2.05, 4.69) is 20.8 Å². The predicted molar refractivity (Wildman–Crippen MR) is 175 cm³/mol. The summed E-state index contributed by atoms with van der Waals surface area (Å²) in [5.74, 6) is 1.37. The number of β-amino-alcohol motifs (C(OH)–C–C–N with tert-alkyl or cyclic N) is 1. The van der Waals surface area contributed by atoms with Crippen LogP contribution in [0.25, 0.3) is 32.9 Å². The molecule has 1 saturated carbocycles. The molecule has 3 atom stereocenters. The van der Waals surface area contributed by atoms with Crippen LogP contribution in [0.3, 0.4) is 0 Å². The Morgan fingerprint density at radius 2 is 1.98 bits per heavy atom. The highest BCUT2D eigenvalue weighted by Gasteiger charge is 2.48. The van der Waals surface area contributed by atoms with Gasteiger partial charge in [0.1, 0.15) is 28.6 Å². The number of aliphatic hydroxyl groups excluding tert-OH is 1. The quantitative estimate of drug-likeness (QED) is 0.255. The summed E-state index contributed by atoms with van der Waals surface area (Å²) in [6.45, 7) is 6.08. The van der Waals surface area contributed by atoms with Crippen LogP contribution in [0.5, 0.6) is 11.8 Å². The Kier molecular flexibility index (Phi) is 8.59. The molecule has 11 heteroatoms. The van der Waals surface area contributed by atoms with Crippen molar-refractivity contribution >= 4 is 27.5 Å². The molecule has 3 fully saturated rings. The number of ether oxygens (including phenoxy) is 2. The maximum absolute atomic E-state index is 16.8. The van der Waals surface area contributed by atoms with E-state index >= 15 is 4.39 Å². The number of likely N-dealkylation sites (tertiary alicyclic amines) is 1. The number of aromatic hydroxyl groups is 1. The number of halogens is 2. The molecule has 0 radical (unpaired) electrons. The number of piperidine rings is 1. The van der Waals surface area contributed by atoms with E-state index in [0.29, 0.717) is 56.0 Å². The fourth-order valence-electron chi connectivity index (χ4n) is 8.00. The predicted octanol–water partition coefficient (Wildman–Crippen LogP) is 5.43. The van der Waals surface area contributed by atoms with Gasteiger partial charge in [-0.25, -0.2) is 8.78 Å². The molecule has 1 aliphatic carbocycles. The van der Waals surface area contributed by atoms with E-state index in [-0.39, 0.29) is 50.9 Å². The minimum atomic E-state index is -0.751. The van der Waals surface area contributed by atoms with Crippen LogP contribution >= 0.6 is 0 Å². The van der Waals surface area contributed by atoms with Gasteiger partial charge in [-0.3, -0.25) is 9.88 Å². The first-order valence-electron chi connectivity index (χ1n) is 16.4. The molecule has 2 aromatic carbocycles. The average Bonchev–Trinajstić information content (AvgIpc) is 3.31. The zero-order chi connectivity index (χ0) is 32.7. The maximum Gasteiger partial charge on any atom is 0.319 e. The molecule has 246 valence electrons. The van der Waals surface area contributed by atoms with Crippen LogP contribution in [0, 0.1) is 29.4 Å². The lowest BCUT2D eigenvalue weighted by Crippen LogP contribution is -2.53. The number of hydrogen-bond donors (Lipinski definition) is 2. The number of rotatable bonds is 7. The Bertz CT molecular complexity index is 1860. The molecule has 2 saturated heterocycles. The highest BCUT2D eigenvalue weighted by molar-refractivity contribution is 6.03. The van der Waals surface area contributed by atoms with Gasteiger partial charge in [0.2, 0.25) is 0 Å². The third-order valence-corrected chi connectivity index (χ3v) is 10.0. The number of aromatic nitrogens is 3. The van der Waals surface area contributed by atoms with Crippen LogP contribution in [-0.2, 0) is 4.74 Å². The first-order chi connectivity index (χ1) is 22.8. The monoisotopic (exact) mass is 643 g/mol. The molecule has 0 spiro atoms. The Labute approximate surface area is 272 Å². The van der Waals surface area contributed by atoms with Crippen molar-refractivity contribution in [1.82, 2.24) is 19.9 Å². The average molecular weight is 644 g/mol. The number of nitrogens with zero attached hydrogens (tertiary/aromatic N) is 5. The zero-order valence-corrected chi connectivity index (χ0v) is 26.5. The van der Waals surface area contributed by atoms with Crippen molar-refractivity contribution in [3.05, 3.63) is 47.7 Å². The van der Waals surface area contributed by atoms with E-state index < -0.39 is 17.7 Å². The highest BCUT2D eigenvalue weighted by Crippen LogP contribution is 2.48. The maximum atomic E-state index is 16.8. The molecular weight excluding hydrogens is 604 g/mol. The molecule has 2 N–H and O–H groups in total. The Morgan fingerprint density at radius 1 is 1.13 bits per heavy atom. The van der Waals surface area contributed by atoms with Gasteiger partial charge in [0.25, 0.3) is 0 Å². The lowest BCUT2D eigenvalue weighted by molar-refractivity contribution is -0.0178. The van der Waals surface area contributed by atoms with Crippen LogP contribution < -0.4 is 9.64 Å². The Hall–Kier alpha value is -4.11. The molecule has 7 rings (SSSR count). The molecule has 9 nitrogen and oxygen atoms in total. The molecule has 47 heavy (non-hydrogen) atoms. The fourth-order valence-corrected chi connectivity index (χ4v) is 8.00. The lowest BCUT2D eigenvalue weighted by Gasteiger charge is -2.46. The van der Waals surface area contributed by atoms with Crippen molar-refractivity contribution in [1.29, 1.82) is 0 Å². The third kappa shape index (κ3) is 5.83. The summed E-state index contributed by atoms with van der Waals surface area (Å²) in [4.78, 5) is 18.4. The van der Waals surface area contributed by atoms with E-state index in [9.17, 15) is 14.6 Å². The summed E-state index contributed by atoms with van der Waals surface area (Å²) in [7, 11) is 0. The number of hydrogen-bond acceptors (Lipinski definition) is 9. The zero-order valence-electron chi connectivity index (χ0n) is 26.5. The Morgan fingerprint density at radius 3 is 2.81 bits per heavy atom. The summed E-state index contributed by atoms with van der Waals surface area (Å²) in [5.41, 5.74) is -0.106. The van der Waals surface area contributed by atoms with Crippen LogP contribution in [0.2, 0.25) is 0 Å². The second kappa shape index (κ2) is 12.8. The van der Waals surface area contributed by atoms with Crippen molar-refractivity contribution < 1.29 is 28.5 Å². The number of phenols is 1. The van der Waals surface area contributed by atoms with Crippen LogP contribution in [0.15, 0.2) is 30.5 Å². The minimum Gasteiger partial charge on any atom is -0.508 e. The summed E-state index contributed by atoms with van der Waals surface area (Å²) in [6.07, 6.45) is 12.7. The van der Waals surface area contributed by atoms with Crippen molar-refractivity contribution in [2.45, 2.75) is 57.6 Å². The van der Waals surface area contributed by atoms with Gasteiger partial charge in [-0.05, 0) is 69.2 Å². The van der Waals surface area contributed by atoms with Crippen LogP contribution in [0.4, 0.5) is 14.6 Å². The molecule has 3 aliphatic rings. The van der Waals surface area contributed by atoms with Crippen molar-refractivity contribution in [3.8, 4) is 35.4 Å². The summed E-state index contributed by atoms with van der Waals surface area (Å²) in [6, 6.07) is 5.86. The van der Waals surface area contributed by atoms with E-state index in [1.54, 1.807) is 0 Å². The van der Waals surface area contributed by atoms with Gasteiger partial charge in [0.05, 0.1) is 30.3 Å². The molecule has 0 bridgehead atoms. The van der Waals surface area contributed by atoms with Crippen molar-refractivity contribution in [3.63, 3.8) is 0 Å². The third-order valence-electron chi connectivity index (χ3n) is 10.0. The first kappa shape index (κ1) is 31.5. The molecule has 0 amide bonds. The molecule has 2 aromatic heterocycles. The van der Waals surface area contributed by atoms with Gasteiger partial charge >= 0.3 is 6.01 Å². The van der Waals surface area contributed by atoms with E-state index in [1.807, 2.05) is 11.8 Å². The number of aliphatic hydroxyl groups is 1. The van der Waals surface area contributed by atoms with E-state index in [4.69, 9.17) is 20.9 Å². The second-order valence-corrected chi connectivity index (χ2v) is 13.1. The number of phenolic OH excluding ortho intramolecular Hbond substituents is 1. The topological polar surface area (TPSA) is 104 Å². The standard InChI is InChI=1S/C36H39F2N5O4/c1-3-25-28(37)9-8-23-17-24(45)18-26(30(23)25)32-31(38)33-27(19-39-32)34(42-13-6-15-46-16-14-42)41-35(40-33)47-21-36-10-4-7-29(36)43(12-5-11-36)20-22(2)44/h1,8-9,17-19,22,29,44-45H,4-7,10-16,20-21H2,2H3/t22-,29+,36+/m0/s1. The largest absolute Gasteiger partial charge is 0.508 e. The van der Waals surface area contributed by atoms with Gasteiger partial charge in [-0.15, -0.1) is 6.42 Å². The molecule has 0 unspecified atom stereocenters. The second-order valence-electron chi connectivity index (χ2n) is 13.1. The number of fused-ring (bicyclic) bond motifs is 3. The first-order valence-corrected chi connectivity index (χ1v) is 16.4. The van der Waals surface area contributed by atoms with Crippen molar-refractivity contribution in [2.75, 3.05) is 50.9 Å². The van der Waals surface area contributed by atoms with E-state index in [1.165, 1.54) is 30.5 Å². The molecule has 4 heterocycles. The van der Waals surface area contributed by atoms with Crippen LogP contribution in [-0.4, -0.2) is 88.2 Å². The molecule has 4 aromatic rings. The van der Waals surface area contributed by atoms with Gasteiger partial charge < -0.3 is 24.6 Å². The summed E-state index contributed by atoms with van der Waals surface area (Å²) >= 11 is 0. The van der Waals surface area contributed by atoms with Crippen LogP contribution in [0.1, 0.15) is 51.0 Å². The SMILES string of the molecule is C#Cc1c(F)ccc2cc(O)cc(-c3ncc4c(N5CCCOCC5)nc(OC[C@]56CCC[C@H]5N(C[C@H](C)O)CCC6)nc4c3F)c12. The lowest BCUT2D eigenvalue weighted by atomic mass is 9.75. The minimum absolute atomic E-state index is 0.00941. The number of benzene rings is 2. The number of anilines is 1. The Balaban J connectivity index is 1.34. The van der Waals surface area contributed by atoms with Gasteiger partial charge in [-0.2, -0.15) is 9.97 Å². The fraction of sp³-hybridized carbons (Fsp3) is 0.472. The van der Waals surface area contributed by atoms with Gasteiger partial charge in [0, 0.05) is 54.8 Å². The smallest absolute Gasteiger partial charge is 0.319 e. The molecule has 2 aliphatic heterocycles. The van der Waals surface area contributed by atoms with E-state index in [0.717, 1.165) is 45.1 Å². The normalized spacial score (nSPS) is 22.6. The number of pyridine rings is 1. The molecular formula is C36H39F2N5O4.